The van der Waals surface area contributed by atoms with E-state index in [0.717, 1.165) is 39.4 Å². The molecule has 0 bridgehead atoms. The number of aromatic nitrogens is 2. The molecule has 0 fully saturated rings. The second kappa shape index (κ2) is 15.0. The molecule has 0 unspecified atom stereocenters. The minimum absolute atomic E-state index is 0.505. The lowest BCUT2D eigenvalue weighted by atomic mass is 9.67. The molecule has 0 saturated carbocycles. The van der Waals surface area contributed by atoms with Crippen LogP contribution in [0.15, 0.2) is 249 Å². The highest BCUT2D eigenvalue weighted by molar-refractivity contribution is 6.09. The summed E-state index contributed by atoms with van der Waals surface area (Å²) in [5.74, 6) is 0. The minimum Gasteiger partial charge on any atom is -0.310 e. The highest BCUT2D eigenvalue weighted by Gasteiger charge is 2.46. The number of hydrogen-bond acceptors (Lipinski definition) is 2. The number of hydrogen-bond donors (Lipinski definition) is 0. The summed E-state index contributed by atoms with van der Waals surface area (Å²) in [5.41, 5.74) is 18.4. The predicted molar refractivity (Wildman–Crippen MR) is 261 cm³/mol. The van der Waals surface area contributed by atoms with E-state index < -0.39 is 5.41 Å². The lowest BCUT2D eigenvalue weighted by Crippen LogP contribution is -2.28. The molecule has 63 heavy (non-hydrogen) atoms. The zero-order valence-electron chi connectivity index (χ0n) is 34.5. The summed E-state index contributed by atoms with van der Waals surface area (Å²) in [6.45, 7) is 0. The number of fused-ring (bicyclic) bond motifs is 6. The Morgan fingerprint density at radius 3 is 1.62 bits per heavy atom. The summed E-state index contributed by atoms with van der Waals surface area (Å²) in [6, 6.07) is 86.3. The standard InChI is InChI=1S/C60H41N3/c1-4-15-42(16-5-1)43-27-31-48(32-28-43)62(49-33-29-44(30-34-49)45-17-14-22-50(39-45)63-58-26-13-11-24-54(58)55-37-38-61-41-59(55)63)51-35-36-53-52-23-10-12-25-56(52)60(57(53)40-51,46-18-6-2-7-19-46)47-20-8-3-9-21-47/h1-41H. The Bertz CT molecular complexity index is 3330. The smallest absolute Gasteiger partial charge is 0.0724 e. The van der Waals surface area contributed by atoms with Gasteiger partial charge in [-0.05, 0) is 116 Å². The molecule has 2 heterocycles. The number of para-hydroxylation sites is 1. The monoisotopic (exact) mass is 803 g/mol. The van der Waals surface area contributed by atoms with E-state index in [1.165, 1.54) is 60.8 Å². The van der Waals surface area contributed by atoms with Gasteiger partial charge in [0.2, 0.25) is 0 Å². The molecule has 0 atom stereocenters. The summed E-state index contributed by atoms with van der Waals surface area (Å²) < 4.78 is 2.33. The third-order valence-corrected chi connectivity index (χ3v) is 13.0. The molecular weight excluding hydrogens is 763 g/mol. The maximum Gasteiger partial charge on any atom is 0.0724 e. The second-order valence-electron chi connectivity index (χ2n) is 16.3. The van der Waals surface area contributed by atoms with Crippen molar-refractivity contribution in [2.75, 3.05) is 4.90 Å². The first kappa shape index (κ1) is 36.6. The lowest BCUT2D eigenvalue weighted by Gasteiger charge is -2.35. The highest BCUT2D eigenvalue weighted by atomic mass is 15.1. The normalized spacial score (nSPS) is 12.6. The first-order valence-corrected chi connectivity index (χ1v) is 21.6. The van der Waals surface area contributed by atoms with Crippen molar-refractivity contribution in [1.29, 1.82) is 0 Å². The number of benzene rings is 9. The van der Waals surface area contributed by atoms with Gasteiger partial charge in [-0.2, -0.15) is 0 Å². The van der Waals surface area contributed by atoms with Crippen molar-refractivity contribution in [3.63, 3.8) is 0 Å². The minimum atomic E-state index is -0.505. The van der Waals surface area contributed by atoms with Crippen molar-refractivity contribution in [2.24, 2.45) is 0 Å². The van der Waals surface area contributed by atoms with Crippen molar-refractivity contribution >= 4 is 38.9 Å². The Kier molecular flexibility index (Phi) is 8.72. The van der Waals surface area contributed by atoms with E-state index in [1.54, 1.807) is 0 Å². The van der Waals surface area contributed by atoms with E-state index in [2.05, 4.69) is 251 Å². The second-order valence-corrected chi connectivity index (χ2v) is 16.3. The first-order valence-electron chi connectivity index (χ1n) is 21.6. The number of nitrogens with zero attached hydrogens (tertiary/aromatic N) is 3. The Morgan fingerprint density at radius 2 is 0.905 bits per heavy atom. The van der Waals surface area contributed by atoms with Crippen LogP contribution < -0.4 is 4.90 Å². The number of anilines is 3. The van der Waals surface area contributed by atoms with Gasteiger partial charge in [0.25, 0.3) is 0 Å². The molecule has 0 radical (unpaired) electrons. The molecule has 2 aromatic heterocycles. The van der Waals surface area contributed by atoms with Gasteiger partial charge in [0, 0.05) is 39.7 Å². The van der Waals surface area contributed by atoms with Gasteiger partial charge in [-0.3, -0.25) is 4.98 Å². The summed E-state index contributed by atoms with van der Waals surface area (Å²) in [7, 11) is 0. The van der Waals surface area contributed by atoms with Crippen molar-refractivity contribution < 1.29 is 0 Å². The molecule has 11 aromatic rings. The van der Waals surface area contributed by atoms with Gasteiger partial charge >= 0.3 is 0 Å². The maximum absolute atomic E-state index is 4.51. The van der Waals surface area contributed by atoms with Crippen molar-refractivity contribution in [3.05, 3.63) is 271 Å². The van der Waals surface area contributed by atoms with E-state index in [0.29, 0.717) is 0 Å². The average Bonchev–Trinajstić information content (AvgIpc) is 3.86. The molecular formula is C60H41N3. The zero-order valence-corrected chi connectivity index (χ0v) is 34.5. The third kappa shape index (κ3) is 5.93. The summed E-state index contributed by atoms with van der Waals surface area (Å²) >= 11 is 0. The molecule has 9 aromatic carbocycles. The van der Waals surface area contributed by atoms with E-state index >= 15 is 0 Å². The largest absolute Gasteiger partial charge is 0.310 e. The molecule has 0 N–H and O–H groups in total. The number of pyridine rings is 1. The molecule has 0 spiro atoms. The summed E-state index contributed by atoms with van der Waals surface area (Å²) in [6.07, 6.45) is 3.85. The summed E-state index contributed by atoms with van der Waals surface area (Å²) in [5, 5.41) is 2.43. The first-order chi connectivity index (χ1) is 31.3. The van der Waals surface area contributed by atoms with E-state index in [4.69, 9.17) is 0 Å². The molecule has 0 aliphatic heterocycles. The Hall–Kier alpha value is -8.27. The van der Waals surface area contributed by atoms with Crippen molar-refractivity contribution in [2.45, 2.75) is 5.41 Å². The van der Waals surface area contributed by atoms with Crippen LogP contribution in [0.3, 0.4) is 0 Å². The molecule has 0 saturated heterocycles. The fourth-order valence-corrected chi connectivity index (χ4v) is 10.2. The predicted octanol–water partition coefficient (Wildman–Crippen LogP) is 15.3. The topological polar surface area (TPSA) is 21.1 Å². The Morgan fingerprint density at radius 1 is 0.365 bits per heavy atom. The van der Waals surface area contributed by atoms with Crippen LogP contribution in [-0.4, -0.2) is 9.55 Å². The van der Waals surface area contributed by atoms with E-state index in [-0.39, 0.29) is 0 Å². The molecule has 12 rings (SSSR count). The van der Waals surface area contributed by atoms with Crippen molar-refractivity contribution in [1.82, 2.24) is 9.55 Å². The quantitative estimate of drug-likeness (QED) is 0.153. The van der Waals surface area contributed by atoms with Crippen LogP contribution in [0.1, 0.15) is 22.3 Å². The van der Waals surface area contributed by atoms with Gasteiger partial charge in [-0.1, -0.05) is 176 Å². The van der Waals surface area contributed by atoms with E-state index in [1.807, 2.05) is 12.4 Å². The van der Waals surface area contributed by atoms with Gasteiger partial charge in [0.15, 0.2) is 0 Å². The average molecular weight is 804 g/mol. The highest BCUT2D eigenvalue weighted by Crippen LogP contribution is 2.57. The molecule has 3 nitrogen and oxygen atoms in total. The SMILES string of the molecule is c1ccc(-c2ccc(N(c3ccc(-c4cccc(-n5c6ccccc6c6ccncc65)c4)cc3)c3ccc4c(c3)C(c3ccccc3)(c3ccccc3)c3ccccc3-4)cc2)cc1. The molecule has 296 valence electrons. The van der Waals surface area contributed by atoms with E-state index in [9.17, 15) is 0 Å². The van der Waals surface area contributed by atoms with Gasteiger partial charge < -0.3 is 9.47 Å². The van der Waals surface area contributed by atoms with Crippen LogP contribution in [0.5, 0.6) is 0 Å². The Labute approximate surface area is 367 Å². The molecule has 1 aliphatic carbocycles. The number of rotatable bonds is 8. The van der Waals surface area contributed by atoms with Crippen molar-refractivity contribution in [3.8, 4) is 39.1 Å². The zero-order chi connectivity index (χ0) is 41.7. The fraction of sp³-hybridized carbons (Fsp3) is 0.0167. The van der Waals surface area contributed by atoms with Crippen LogP contribution >= 0.6 is 0 Å². The van der Waals surface area contributed by atoms with Gasteiger partial charge in [-0.15, -0.1) is 0 Å². The third-order valence-electron chi connectivity index (χ3n) is 13.0. The van der Waals surface area contributed by atoms with Crippen LogP contribution in [0, 0.1) is 0 Å². The molecule has 3 heteroatoms. The molecule has 0 amide bonds. The van der Waals surface area contributed by atoms with Crippen LogP contribution in [0.25, 0.3) is 60.9 Å². The van der Waals surface area contributed by atoms with Gasteiger partial charge in [0.05, 0.1) is 22.6 Å². The lowest BCUT2D eigenvalue weighted by molar-refractivity contribution is 0.768. The maximum atomic E-state index is 4.51. The molecule has 1 aliphatic rings. The Balaban J connectivity index is 1.01. The van der Waals surface area contributed by atoms with Crippen LogP contribution in [0.4, 0.5) is 17.1 Å². The van der Waals surface area contributed by atoms with Gasteiger partial charge in [-0.25, -0.2) is 0 Å². The summed E-state index contributed by atoms with van der Waals surface area (Å²) in [4.78, 5) is 6.92. The van der Waals surface area contributed by atoms with Crippen LogP contribution in [-0.2, 0) is 5.41 Å². The van der Waals surface area contributed by atoms with Crippen LogP contribution in [0.2, 0.25) is 0 Å². The fourth-order valence-electron chi connectivity index (χ4n) is 10.2. The van der Waals surface area contributed by atoms with Gasteiger partial charge in [0.1, 0.15) is 0 Å².